The van der Waals surface area contributed by atoms with Crippen LogP contribution in [0.15, 0.2) is 4.99 Å². The van der Waals surface area contributed by atoms with Gasteiger partial charge in [0.1, 0.15) is 0 Å². The third kappa shape index (κ3) is 5.90. The van der Waals surface area contributed by atoms with Gasteiger partial charge in [0.25, 0.3) is 0 Å². The zero-order valence-corrected chi connectivity index (χ0v) is 16.3. The summed E-state index contributed by atoms with van der Waals surface area (Å²) < 4.78 is 0. The van der Waals surface area contributed by atoms with Crippen LogP contribution < -0.4 is 10.6 Å². The van der Waals surface area contributed by atoms with E-state index in [1.165, 1.54) is 39.1 Å². The molecule has 21 heavy (non-hydrogen) atoms. The van der Waals surface area contributed by atoms with Crippen molar-refractivity contribution in [1.29, 1.82) is 0 Å². The van der Waals surface area contributed by atoms with Crippen LogP contribution in [0, 0.1) is 5.92 Å². The van der Waals surface area contributed by atoms with E-state index in [4.69, 9.17) is 0 Å². The quantitative estimate of drug-likeness (QED) is 0.407. The summed E-state index contributed by atoms with van der Waals surface area (Å²) in [5.41, 5.74) is 0. The van der Waals surface area contributed by atoms with Crippen molar-refractivity contribution in [3.63, 3.8) is 0 Å². The van der Waals surface area contributed by atoms with E-state index in [2.05, 4.69) is 46.2 Å². The minimum Gasteiger partial charge on any atom is -0.355 e. The molecule has 6 heteroatoms. The smallest absolute Gasteiger partial charge is 0.191 e. The zero-order chi connectivity index (χ0) is 14.5. The molecule has 0 aromatic carbocycles. The van der Waals surface area contributed by atoms with Crippen LogP contribution in [-0.4, -0.2) is 74.2 Å². The molecule has 1 saturated carbocycles. The molecule has 1 heterocycles. The number of aliphatic imine (C=N–C) groups is 1. The van der Waals surface area contributed by atoms with Crippen molar-refractivity contribution in [3.8, 4) is 0 Å². The van der Waals surface area contributed by atoms with E-state index in [1.54, 1.807) is 0 Å². The van der Waals surface area contributed by atoms with Gasteiger partial charge in [-0.3, -0.25) is 9.89 Å². The van der Waals surface area contributed by atoms with Crippen LogP contribution in [0.1, 0.15) is 27.2 Å². The van der Waals surface area contributed by atoms with Crippen LogP contribution in [0.2, 0.25) is 0 Å². The van der Waals surface area contributed by atoms with Crippen LogP contribution >= 0.6 is 24.0 Å². The van der Waals surface area contributed by atoms with Gasteiger partial charge in [0.05, 0.1) is 0 Å². The Bertz CT molecular complexity index is 328. The van der Waals surface area contributed by atoms with Gasteiger partial charge in [-0.15, -0.1) is 24.0 Å². The fraction of sp³-hybridized carbons (Fsp3) is 0.933. The van der Waals surface area contributed by atoms with E-state index >= 15 is 0 Å². The van der Waals surface area contributed by atoms with Gasteiger partial charge in [-0.2, -0.15) is 0 Å². The third-order valence-corrected chi connectivity index (χ3v) is 4.70. The van der Waals surface area contributed by atoms with Gasteiger partial charge in [0.2, 0.25) is 0 Å². The zero-order valence-electron chi connectivity index (χ0n) is 13.9. The van der Waals surface area contributed by atoms with Crippen LogP contribution in [-0.2, 0) is 0 Å². The highest BCUT2D eigenvalue weighted by Gasteiger charge is 2.33. The molecule has 0 aromatic heterocycles. The molecule has 0 spiro atoms. The van der Waals surface area contributed by atoms with Crippen molar-refractivity contribution in [3.05, 3.63) is 0 Å². The number of nitrogens with zero attached hydrogens (tertiary/aromatic N) is 3. The minimum absolute atomic E-state index is 0. The SMILES string of the molecule is CCN1CCN(C(C)CNC(=NC)NC2CC2C)CC1.I. The van der Waals surface area contributed by atoms with Crippen LogP contribution in [0.5, 0.6) is 0 Å². The number of likely N-dealkylation sites (N-methyl/N-ethyl adjacent to an activating group) is 1. The van der Waals surface area contributed by atoms with Gasteiger partial charge in [0.15, 0.2) is 5.96 Å². The summed E-state index contributed by atoms with van der Waals surface area (Å²) in [5.74, 6) is 1.76. The predicted molar refractivity (Wildman–Crippen MR) is 101 cm³/mol. The first kappa shape index (κ1) is 19.0. The Morgan fingerprint density at radius 1 is 1.29 bits per heavy atom. The standard InChI is InChI=1S/C15H31N5.HI/c1-5-19-6-8-20(9-7-19)13(3)11-17-15(16-4)18-14-10-12(14)2;/h12-14H,5-11H2,1-4H3,(H2,16,17,18);1H. The summed E-state index contributed by atoms with van der Waals surface area (Å²) in [6.07, 6.45) is 1.27. The van der Waals surface area contributed by atoms with Gasteiger partial charge < -0.3 is 15.5 Å². The number of hydrogen-bond acceptors (Lipinski definition) is 3. The normalized spacial score (nSPS) is 28.7. The molecule has 2 rings (SSSR count). The third-order valence-electron chi connectivity index (χ3n) is 4.70. The van der Waals surface area contributed by atoms with Gasteiger partial charge in [0, 0.05) is 51.9 Å². The summed E-state index contributed by atoms with van der Waals surface area (Å²) in [6, 6.07) is 1.19. The van der Waals surface area contributed by atoms with Gasteiger partial charge >= 0.3 is 0 Å². The van der Waals surface area contributed by atoms with Crippen LogP contribution in [0.3, 0.4) is 0 Å². The molecular formula is C15H32IN5. The Morgan fingerprint density at radius 3 is 2.38 bits per heavy atom. The summed E-state index contributed by atoms with van der Waals surface area (Å²) in [5, 5.41) is 6.94. The summed E-state index contributed by atoms with van der Waals surface area (Å²) in [4.78, 5) is 9.41. The number of rotatable bonds is 5. The summed E-state index contributed by atoms with van der Waals surface area (Å²) in [6.45, 7) is 13.7. The maximum Gasteiger partial charge on any atom is 0.191 e. The van der Waals surface area contributed by atoms with Crippen LogP contribution in [0.25, 0.3) is 0 Å². The first-order valence-electron chi connectivity index (χ1n) is 8.07. The Labute approximate surface area is 146 Å². The Morgan fingerprint density at radius 2 is 1.90 bits per heavy atom. The molecule has 0 amide bonds. The molecule has 0 bridgehead atoms. The monoisotopic (exact) mass is 409 g/mol. The molecule has 1 aliphatic heterocycles. The van der Waals surface area contributed by atoms with E-state index in [-0.39, 0.29) is 24.0 Å². The van der Waals surface area contributed by atoms with Crippen molar-refractivity contribution in [2.24, 2.45) is 10.9 Å². The fourth-order valence-corrected chi connectivity index (χ4v) is 2.79. The average Bonchev–Trinajstić information content (AvgIpc) is 3.18. The molecule has 124 valence electrons. The van der Waals surface area contributed by atoms with Crippen molar-refractivity contribution in [2.75, 3.05) is 46.3 Å². The second kappa shape index (κ2) is 9.15. The lowest BCUT2D eigenvalue weighted by Crippen LogP contribution is -2.53. The maximum absolute atomic E-state index is 4.31. The van der Waals surface area contributed by atoms with E-state index < -0.39 is 0 Å². The lowest BCUT2D eigenvalue weighted by molar-refractivity contribution is 0.107. The molecule has 2 fully saturated rings. The molecule has 0 aromatic rings. The average molecular weight is 409 g/mol. The highest BCUT2D eigenvalue weighted by atomic mass is 127. The second-order valence-corrected chi connectivity index (χ2v) is 6.24. The number of piperazine rings is 1. The van der Waals surface area contributed by atoms with E-state index in [0.717, 1.165) is 18.4 Å². The Balaban J connectivity index is 0.00000220. The number of hydrogen-bond donors (Lipinski definition) is 2. The first-order chi connectivity index (χ1) is 9.63. The molecule has 0 radical (unpaired) electrons. The van der Waals surface area contributed by atoms with Crippen molar-refractivity contribution in [1.82, 2.24) is 20.4 Å². The van der Waals surface area contributed by atoms with E-state index in [1.807, 2.05) is 7.05 Å². The maximum atomic E-state index is 4.31. The highest BCUT2D eigenvalue weighted by molar-refractivity contribution is 14.0. The lowest BCUT2D eigenvalue weighted by atomic mass is 10.2. The van der Waals surface area contributed by atoms with E-state index in [9.17, 15) is 0 Å². The fourth-order valence-electron chi connectivity index (χ4n) is 2.79. The summed E-state index contributed by atoms with van der Waals surface area (Å²) in [7, 11) is 1.85. The number of nitrogens with one attached hydrogen (secondary N) is 2. The summed E-state index contributed by atoms with van der Waals surface area (Å²) >= 11 is 0. The van der Waals surface area contributed by atoms with Gasteiger partial charge in [-0.05, 0) is 25.8 Å². The van der Waals surface area contributed by atoms with Crippen molar-refractivity contribution >= 4 is 29.9 Å². The molecule has 1 aliphatic carbocycles. The van der Waals surface area contributed by atoms with Gasteiger partial charge in [-0.25, -0.2) is 0 Å². The largest absolute Gasteiger partial charge is 0.355 e. The minimum atomic E-state index is 0. The second-order valence-electron chi connectivity index (χ2n) is 6.24. The molecule has 1 saturated heterocycles. The topological polar surface area (TPSA) is 42.9 Å². The van der Waals surface area contributed by atoms with Crippen molar-refractivity contribution in [2.45, 2.75) is 39.3 Å². The van der Waals surface area contributed by atoms with Gasteiger partial charge in [-0.1, -0.05) is 13.8 Å². The highest BCUT2D eigenvalue weighted by Crippen LogP contribution is 2.28. The number of halogens is 1. The number of guanidine groups is 1. The molecule has 2 aliphatic rings. The first-order valence-corrected chi connectivity index (χ1v) is 8.07. The Hall–Kier alpha value is -0.0800. The molecule has 5 nitrogen and oxygen atoms in total. The molecule has 3 unspecified atom stereocenters. The van der Waals surface area contributed by atoms with Crippen LogP contribution in [0.4, 0.5) is 0 Å². The Kier molecular flexibility index (Phi) is 8.26. The predicted octanol–water partition coefficient (Wildman–Crippen LogP) is 1.20. The van der Waals surface area contributed by atoms with Crippen molar-refractivity contribution < 1.29 is 0 Å². The van der Waals surface area contributed by atoms with E-state index in [0.29, 0.717) is 12.1 Å². The molecular weight excluding hydrogens is 377 g/mol. The molecule has 2 N–H and O–H groups in total. The lowest BCUT2D eigenvalue weighted by Gasteiger charge is -2.37. The molecule has 3 atom stereocenters.